The van der Waals surface area contributed by atoms with E-state index in [2.05, 4.69) is 15.3 Å². The summed E-state index contributed by atoms with van der Waals surface area (Å²) in [5.74, 6) is 0.730. The molecule has 0 N–H and O–H groups in total. The summed E-state index contributed by atoms with van der Waals surface area (Å²) in [5.41, 5.74) is 3.81. The summed E-state index contributed by atoms with van der Waals surface area (Å²) in [6, 6.07) is 11.3. The molecule has 0 fully saturated rings. The number of aromatic nitrogens is 5. The van der Waals surface area contributed by atoms with E-state index in [9.17, 15) is 18.0 Å². The van der Waals surface area contributed by atoms with Crippen LogP contribution < -0.4 is 9.64 Å². The molecular formula is C26H25F3N6O2. The molecule has 0 aliphatic carbocycles. The van der Waals surface area contributed by atoms with E-state index >= 15 is 0 Å². The number of halogens is 3. The van der Waals surface area contributed by atoms with Gasteiger partial charge in [-0.25, -0.2) is 9.67 Å². The molecule has 1 atom stereocenters. The minimum Gasteiger partial charge on any atom is -0.495 e. The van der Waals surface area contributed by atoms with E-state index in [0.717, 1.165) is 22.1 Å². The third-order valence-corrected chi connectivity index (χ3v) is 6.43. The van der Waals surface area contributed by atoms with Gasteiger partial charge >= 0.3 is 6.18 Å². The number of imidazole rings is 1. The molecule has 3 heterocycles. The zero-order chi connectivity index (χ0) is 26.3. The van der Waals surface area contributed by atoms with E-state index in [4.69, 9.17) is 4.74 Å². The number of hydrogen-bond donors (Lipinski definition) is 0. The fourth-order valence-electron chi connectivity index (χ4n) is 4.75. The van der Waals surface area contributed by atoms with Gasteiger partial charge in [-0.15, -0.1) is 5.10 Å². The van der Waals surface area contributed by atoms with Gasteiger partial charge in [0.2, 0.25) is 0 Å². The van der Waals surface area contributed by atoms with Crippen molar-refractivity contribution in [1.29, 1.82) is 0 Å². The number of methoxy groups -OCH3 is 1. The highest BCUT2D eigenvalue weighted by atomic mass is 19.4. The SMILES string of the molecule is COc1cc(-c2cn(C3CCc4ccccc4N(CC(F)(F)F)C3=O)nn2)ccc1-n1cc(C)nc1C. The van der Waals surface area contributed by atoms with Crippen LogP contribution in [-0.4, -0.2) is 50.3 Å². The molecule has 5 rings (SSSR count). The Bertz CT molecular complexity index is 1460. The van der Waals surface area contributed by atoms with Crippen molar-refractivity contribution in [1.82, 2.24) is 24.5 Å². The van der Waals surface area contributed by atoms with Crippen molar-refractivity contribution < 1.29 is 22.7 Å². The van der Waals surface area contributed by atoms with Gasteiger partial charge in [0.05, 0.1) is 24.7 Å². The van der Waals surface area contributed by atoms with Crippen LogP contribution in [0.2, 0.25) is 0 Å². The molecule has 1 aliphatic heterocycles. The maximum absolute atomic E-state index is 13.4. The minimum absolute atomic E-state index is 0.276. The van der Waals surface area contributed by atoms with Gasteiger partial charge < -0.3 is 14.2 Å². The molecule has 11 heteroatoms. The average Bonchev–Trinajstić information content (AvgIpc) is 3.45. The summed E-state index contributed by atoms with van der Waals surface area (Å²) >= 11 is 0. The third kappa shape index (κ3) is 4.81. The summed E-state index contributed by atoms with van der Waals surface area (Å²) < 4.78 is 49.1. The van der Waals surface area contributed by atoms with Crippen LogP contribution in [0.5, 0.6) is 5.75 Å². The summed E-state index contributed by atoms with van der Waals surface area (Å²) in [7, 11) is 1.57. The van der Waals surface area contributed by atoms with E-state index in [-0.39, 0.29) is 5.69 Å². The van der Waals surface area contributed by atoms with Crippen LogP contribution in [0.25, 0.3) is 16.9 Å². The summed E-state index contributed by atoms with van der Waals surface area (Å²) in [6.07, 6.45) is -0.316. The van der Waals surface area contributed by atoms with Crippen LogP contribution >= 0.6 is 0 Å². The second-order valence-electron chi connectivity index (χ2n) is 8.99. The van der Waals surface area contributed by atoms with E-state index in [1.54, 1.807) is 43.6 Å². The van der Waals surface area contributed by atoms with Crippen LogP contribution in [-0.2, 0) is 11.2 Å². The normalized spacial score (nSPS) is 16.0. The van der Waals surface area contributed by atoms with E-state index < -0.39 is 24.7 Å². The van der Waals surface area contributed by atoms with Crippen molar-refractivity contribution in [2.75, 3.05) is 18.6 Å². The lowest BCUT2D eigenvalue weighted by Crippen LogP contribution is -2.42. The van der Waals surface area contributed by atoms with Crippen LogP contribution in [0.15, 0.2) is 54.9 Å². The number of ether oxygens (including phenoxy) is 1. The molecule has 1 aliphatic rings. The molecule has 1 unspecified atom stereocenters. The van der Waals surface area contributed by atoms with Crippen LogP contribution in [0.3, 0.4) is 0 Å². The molecule has 1 amide bonds. The first-order valence-electron chi connectivity index (χ1n) is 11.7. The number of carbonyl (C=O) groups excluding carboxylic acids is 1. The third-order valence-electron chi connectivity index (χ3n) is 6.43. The van der Waals surface area contributed by atoms with Crippen LogP contribution in [0.1, 0.15) is 29.5 Å². The Hall–Kier alpha value is -4.15. The molecule has 0 spiro atoms. The molecule has 8 nitrogen and oxygen atoms in total. The van der Waals surface area contributed by atoms with Crippen LogP contribution in [0.4, 0.5) is 18.9 Å². The second kappa shape index (κ2) is 9.38. The average molecular weight is 511 g/mol. The van der Waals surface area contributed by atoms with E-state index in [0.29, 0.717) is 35.4 Å². The molecular weight excluding hydrogens is 485 g/mol. The van der Waals surface area contributed by atoms with Crippen molar-refractivity contribution in [3.63, 3.8) is 0 Å². The minimum atomic E-state index is -4.55. The first kappa shape index (κ1) is 24.5. The molecule has 4 aromatic rings. The number of fused-ring (bicyclic) bond motifs is 1. The molecule has 0 bridgehead atoms. The Morgan fingerprint density at radius 2 is 1.86 bits per heavy atom. The Labute approximate surface area is 211 Å². The number of hydrogen-bond acceptors (Lipinski definition) is 5. The molecule has 192 valence electrons. The first-order chi connectivity index (χ1) is 17.6. The lowest BCUT2D eigenvalue weighted by molar-refractivity contribution is -0.134. The quantitative estimate of drug-likeness (QED) is 0.384. The van der Waals surface area contributed by atoms with Crippen molar-refractivity contribution in [2.45, 2.75) is 38.9 Å². The highest BCUT2D eigenvalue weighted by molar-refractivity contribution is 5.97. The Balaban J connectivity index is 1.47. The van der Waals surface area contributed by atoms with E-state index in [1.807, 2.05) is 36.7 Å². The van der Waals surface area contributed by atoms with Crippen LogP contribution in [0, 0.1) is 13.8 Å². The zero-order valence-electron chi connectivity index (χ0n) is 20.5. The molecule has 0 saturated heterocycles. The number of para-hydroxylation sites is 1. The van der Waals surface area contributed by atoms with Gasteiger partial charge in [-0.2, -0.15) is 13.2 Å². The fraction of sp³-hybridized carbons (Fsp3) is 0.308. The smallest absolute Gasteiger partial charge is 0.406 e. The number of rotatable bonds is 5. The number of benzene rings is 2. The molecule has 2 aromatic carbocycles. The molecule has 37 heavy (non-hydrogen) atoms. The highest BCUT2D eigenvalue weighted by Gasteiger charge is 2.39. The zero-order valence-corrected chi connectivity index (χ0v) is 20.5. The predicted molar refractivity (Wildman–Crippen MR) is 131 cm³/mol. The Kier molecular flexibility index (Phi) is 6.22. The lowest BCUT2D eigenvalue weighted by Gasteiger charge is -2.26. The lowest BCUT2D eigenvalue weighted by atomic mass is 10.1. The first-order valence-corrected chi connectivity index (χ1v) is 11.7. The maximum atomic E-state index is 13.4. The second-order valence-corrected chi connectivity index (χ2v) is 8.99. The summed E-state index contributed by atoms with van der Waals surface area (Å²) in [6.45, 7) is 2.44. The Morgan fingerprint density at radius 3 is 2.57 bits per heavy atom. The standard InChI is InChI=1S/C26H25F3N6O2/c1-16-13-33(17(2)30-16)22-10-9-19(12-24(22)37-3)20-14-35(32-31-20)23-11-8-18-6-4-5-7-21(18)34(25(23)36)15-26(27,28)29/h4-7,9-10,12-14,23H,8,11,15H2,1-3H3. The van der Waals surface area contributed by atoms with Crippen molar-refractivity contribution >= 4 is 11.6 Å². The Morgan fingerprint density at radius 1 is 1.08 bits per heavy atom. The van der Waals surface area contributed by atoms with Crippen molar-refractivity contribution in [2.24, 2.45) is 0 Å². The highest BCUT2D eigenvalue weighted by Crippen LogP contribution is 2.35. The fourth-order valence-corrected chi connectivity index (χ4v) is 4.75. The number of anilines is 1. The predicted octanol–water partition coefficient (Wildman–Crippen LogP) is 4.84. The summed E-state index contributed by atoms with van der Waals surface area (Å²) in [4.78, 5) is 18.6. The van der Waals surface area contributed by atoms with Gasteiger partial charge in [0.25, 0.3) is 5.91 Å². The van der Waals surface area contributed by atoms with E-state index in [1.165, 1.54) is 4.68 Å². The van der Waals surface area contributed by atoms with Gasteiger partial charge in [-0.3, -0.25) is 4.79 Å². The van der Waals surface area contributed by atoms with Gasteiger partial charge in [-0.05, 0) is 50.5 Å². The van der Waals surface area contributed by atoms with Gasteiger partial charge in [-0.1, -0.05) is 29.5 Å². The topological polar surface area (TPSA) is 78.1 Å². The molecule has 2 aromatic heterocycles. The molecule has 0 radical (unpaired) electrons. The number of nitrogens with zero attached hydrogens (tertiary/aromatic N) is 6. The number of aryl methyl sites for hydroxylation is 3. The van der Waals surface area contributed by atoms with Gasteiger partial charge in [0.15, 0.2) is 0 Å². The van der Waals surface area contributed by atoms with Crippen molar-refractivity contribution in [3.05, 3.63) is 71.9 Å². The number of alkyl halides is 3. The monoisotopic (exact) mass is 510 g/mol. The summed E-state index contributed by atoms with van der Waals surface area (Å²) in [5, 5.41) is 8.36. The van der Waals surface area contributed by atoms with Gasteiger partial charge in [0.1, 0.15) is 29.9 Å². The number of amides is 1. The largest absolute Gasteiger partial charge is 0.495 e. The van der Waals surface area contributed by atoms with Crippen molar-refractivity contribution in [3.8, 4) is 22.7 Å². The number of carbonyl (C=O) groups is 1. The maximum Gasteiger partial charge on any atom is 0.406 e. The van der Waals surface area contributed by atoms with Gasteiger partial charge in [0, 0.05) is 17.4 Å². The molecule has 0 saturated carbocycles.